The second-order valence-electron chi connectivity index (χ2n) is 7.92. The highest BCUT2D eigenvalue weighted by Gasteiger charge is 2.21. The Morgan fingerprint density at radius 2 is 1.73 bits per heavy atom. The molecule has 1 aromatic heterocycles. The van der Waals surface area contributed by atoms with Crippen LogP contribution in [0.3, 0.4) is 0 Å². The molecule has 1 amide bonds. The molecule has 0 bridgehead atoms. The number of fused-ring (bicyclic) bond motifs is 1. The highest BCUT2D eigenvalue weighted by atomic mass is 32.2. The number of carbonyl (C=O) groups is 1. The first-order chi connectivity index (χ1) is 14.0. The van der Waals surface area contributed by atoms with E-state index in [-0.39, 0.29) is 16.7 Å². The van der Waals surface area contributed by atoms with Crippen LogP contribution in [0.2, 0.25) is 0 Å². The minimum Gasteiger partial charge on any atom is -0.322 e. The van der Waals surface area contributed by atoms with Crippen molar-refractivity contribution in [2.45, 2.75) is 38.5 Å². The fraction of sp³-hybridized carbons (Fsp3) is 0.304. The van der Waals surface area contributed by atoms with Gasteiger partial charge in [-0.15, -0.1) is 0 Å². The minimum atomic E-state index is -3.62. The zero-order valence-corrected chi connectivity index (χ0v) is 19.0. The third-order valence-corrected chi connectivity index (χ3v) is 7.03. The fourth-order valence-electron chi connectivity index (χ4n) is 3.18. The lowest BCUT2D eigenvalue weighted by molar-refractivity contribution is 0.102. The lowest BCUT2D eigenvalue weighted by Crippen LogP contribution is -2.23. The number of aryl methyl sites for hydroxylation is 1. The van der Waals surface area contributed by atoms with Gasteiger partial charge in [0.25, 0.3) is 5.91 Å². The van der Waals surface area contributed by atoms with Crippen molar-refractivity contribution in [2.75, 3.05) is 19.4 Å². The van der Waals surface area contributed by atoms with Crippen LogP contribution in [0.15, 0.2) is 47.4 Å². The summed E-state index contributed by atoms with van der Waals surface area (Å²) in [5.41, 5.74) is 4.19. The molecule has 3 rings (SSSR count). The summed E-state index contributed by atoms with van der Waals surface area (Å²) >= 11 is 0. The maximum atomic E-state index is 13.3. The molecule has 30 heavy (non-hydrogen) atoms. The average molecular weight is 426 g/mol. The maximum Gasteiger partial charge on any atom is 0.256 e. The summed E-state index contributed by atoms with van der Waals surface area (Å²) in [6.45, 7) is 7.75. The van der Waals surface area contributed by atoms with Crippen LogP contribution in [0.5, 0.6) is 0 Å². The number of hydrogen-bond acceptors (Lipinski definition) is 4. The van der Waals surface area contributed by atoms with Gasteiger partial charge < -0.3 is 5.32 Å². The molecule has 0 unspecified atom stereocenters. The molecule has 0 aliphatic rings. The van der Waals surface area contributed by atoms with E-state index in [1.54, 1.807) is 6.07 Å². The standard InChI is InChI=1S/C23H27N3O3S/c1-14(2)21-13-19(18-9-7-8-10-20(18)24-21)23(27)25-22-12-17(11-15(3)16(22)4)30(28,29)26(5)6/h7-14H,1-6H3,(H,25,27). The van der Waals surface area contributed by atoms with Gasteiger partial charge in [0.2, 0.25) is 10.0 Å². The Kier molecular flexibility index (Phi) is 5.97. The van der Waals surface area contributed by atoms with Gasteiger partial charge in [-0.05, 0) is 55.2 Å². The third-order valence-electron chi connectivity index (χ3n) is 5.24. The number of anilines is 1. The second kappa shape index (κ2) is 8.16. The van der Waals surface area contributed by atoms with Gasteiger partial charge in [0.1, 0.15) is 0 Å². The Morgan fingerprint density at radius 3 is 2.37 bits per heavy atom. The Balaban J connectivity index is 2.10. The largest absolute Gasteiger partial charge is 0.322 e. The molecule has 1 heterocycles. The Morgan fingerprint density at radius 1 is 1.07 bits per heavy atom. The van der Waals surface area contributed by atoms with Gasteiger partial charge >= 0.3 is 0 Å². The van der Waals surface area contributed by atoms with Gasteiger partial charge in [0.15, 0.2) is 0 Å². The van der Waals surface area contributed by atoms with Crippen LogP contribution in [0.25, 0.3) is 10.9 Å². The molecular weight excluding hydrogens is 398 g/mol. The van der Waals surface area contributed by atoms with Crippen molar-refractivity contribution in [3.8, 4) is 0 Å². The van der Waals surface area contributed by atoms with Crippen LogP contribution in [0.4, 0.5) is 5.69 Å². The van der Waals surface area contributed by atoms with Gasteiger partial charge in [-0.1, -0.05) is 32.0 Å². The summed E-state index contributed by atoms with van der Waals surface area (Å²) in [6, 6.07) is 12.5. The normalized spacial score (nSPS) is 12.0. The van der Waals surface area contributed by atoms with E-state index >= 15 is 0 Å². The SMILES string of the molecule is Cc1cc(S(=O)(=O)N(C)C)cc(NC(=O)c2cc(C(C)C)nc3ccccc23)c1C. The lowest BCUT2D eigenvalue weighted by Gasteiger charge is -2.17. The predicted octanol–water partition coefficient (Wildman–Crippen LogP) is 4.48. The zero-order chi connectivity index (χ0) is 22.2. The van der Waals surface area contributed by atoms with Crippen molar-refractivity contribution >= 4 is 32.5 Å². The predicted molar refractivity (Wildman–Crippen MR) is 121 cm³/mol. The minimum absolute atomic E-state index is 0.147. The molecule has 0 radical (unpaired) electrons. The number of pyridine rings is 1. The highest BCUT2D eigenvalue weighted by molar-refractivity contribution is 7.89. The Hall–Kier alpha value is -2.77. The quantitative estimate of drug-likeness (QED) is 0.654. The molecule has 2 aromatic carbocycles. The van der Waals surface area contributed by atoms with Crippen LogP contribution < -0.4 is 5.32 Å². The number of benzene rings is 2. The molecule has 0 saturated heterocycles. The van der Waals surface area contributed by atoms with Crippen molar-refractivity contribution in [3.63, 3.8) is 0 Å². The van der Waals surface area contributed by atoms with E-state index in [1.807, 2.05) is 58.0 Å². The summed E-state index contributed by atoms with van der Waals surface area (Å²) in [4.78, 5) is 18.1. The van der Waals surface area contributed by atoms with Crippen molar-refractivity contribution in [3.05, 3.63) is 64.8 Å². The van der Waals surface area contributed by atoms with Crippen molar-refractivity contribution < 1.29 is 13.2 Å². The highest BCUT2D eigenvalue weighted by Crippen LogP contribution is 2.28. The van der Waals surface area contributed by atoms with Gasteiger partial charge in [-0.2, -0.15) is 0 Å². The van der Waals surface area contributed by atoms with Gasteiger partial charge in [0.05, 0.1) is 16.0 Å². The molecule has 0 fully saturated rings. The summed E-state index contributed by atoms with van der Waals surface area (Å²) in [6.07, 6.45) is 0. The van der Waals surface area contributed by atoms with Crippen LogP contribution >= 0.6 is 0 Å². The average Bonchev–Trinajstić information content (AvgIpc) is 2.69. The number of para-hydroxylation sites is 1. The topological polar surface area (TPSA) is 79.4 Å². The van der Waals surface area contributed by atoms with Crippen molar-refractivity contribution in [2.24, 2.45) is 0 Å². The Labute approximate surface area is 178 Å². The van der Waals surface area contributed by atoms with Crippen molar-refractivity contribution in [1.82, 2.24) is 9.29 Å². The molecule has 0 aliphatic carbocycles. The molecule has 0 spiro atoms. The summed E-state index contributed by atoms with van der Waals surface area (Å²) in [5.74, 6) is -0.129. The molecule has 0 atom stereocenters. The number of amides is 1. The Bertz CT molecular complexity index is 1230. The molecule has 0 aliphatic heterocycles. The van der Waals surface area contributed by atoms with Crippen LogP contribution in [-0.2, 0) is 10.0 Å². The first kappa shape index (κ1) is 21.9. The molecule has 0 saturated carbocycles. The molecule has 158 valence electrons. The molecule has 7 heteroatoms. The van der Waals surface area contributed by atoms with Crippen LogP contribution in [0.1, 0.15) is 46.9 Å². The number of rotatable bonds is 5. The fourth-order valence-corrected chi connectivity index (χ4v) is 4.20. The van der Waals surface area contributed by atoms with E-state index in [0.29, 0.717) is 11.3 Å². The van der Waals surface area contributed by atoms with E-state index in [0.717, 1.165) is 32.0 Å². The maximum absolute atomic E-state index is 13.3. The number of sulfonamides is 1. The summed E-state index contributed by atoms with van der Waals surface area (Å²) < 4.78 is 26.4. The lowest BCUT2D eigenvalue weighted by atomic mass is 10.0. The number of carbonyl (C=O) groups excluding carboxylic acids is 1. The molecular formula is C23H27N3O3S. The van der Waals surface area contributed by atoms with Gasteiger partial charge in [0, 0.05) is 30.9 Å². The summed E-state index contributed by atoms with van der Waals surface area (Å²) in [5, 5.41) is 3.68. The molecule has 6 nitrogen and oxygen atoms in total. The molecule has 3 aromatic rings. The van der Waals surface area contributed by atoms with E-state index in [4.69, 9.17) is 0 Å². The van der Waals surface area contributed by atoms with E-state index in [9.17, 15) is 13.2 Å². The number of hydrogen-bond donors (Lipinski definition) is 1. The van der Waals surface area contributed by atoms with E-state index in [2.05, 4.69) is 10.3 Å². The zero-order valence-electron chi connectivity index (χ0n) is 18.1. The number of nitrogens with zero attached hydrogens (tertiary/aromatic N) is 2. The molecule has 1 N–H and O–H groups in total. The van der Waals surface area contributed by atoms with E-state index < -0.39 is 10.0 Å². The third kappa shape index (κ3) is 4.08. The van der Waals surface area contributed by atoms with Crippen LogP contribution in [-0.4, -0.2) is 37.7 Å². The summed E-state index contributed by atoms with van der Waals surface area (Å²) in [7, 11) is -0.649. The van der Waals surface area contributed by atoms with Crippen molar-refractivity contribution in [1.29, 1.82) is 0 Å². The first-order valence-electron chi connectivity index (χ1n) is 9.77. The first-order valence-corrected chi connectivity index (χ1v) is 11.2. The smallest absolute Gasteiger partial charge is 0.256 e. The van der Waals surface area contributed by atoms with Gasteiger partial charge in [-0.3, -0.25) is 9.78 Å². The number of nitrogens with one attached hydrogen (secondary N) is 1. The van der Waals surface area contributed by atoms with Gasteiger partial charge in [-0.25, -0.2) is 12.7 Å². The monoisotopic (exact) mass is 425 g/mol. The number of aromatic nitrogens is 1. The van der Waals surface area contributed by atoms with E-state index in [1.165, 1.54) is 20.2 Å². The second-order valence-corrected chi connectivity index (χ2v) is 10.1. The van der Waals surface area contributed by atoms with Crippen LogP contribution in [0, 0.1) is 13.8 Å².